The van der Waals surface area contributed by atoms with Gasteiger partial charge in [0.1, 0.15) is 12.3 Å². The number of nitrogens with one attached hydrogen (secondary N) is 1. The Morgan fingerprint density at radius 3 is 2.39 bits per heavy atom. The number of amides is 1. The maximum atomic E-state index is 13.2. The molecule has 1 aliphatic rings. The van der Waals surface area contributed by atoms with Crippen LogP contribution in [0.2, 0.25) is 0 Å². The topological polar surface area (TPSA) is 81.6 Å². The molecule has 0 aliphatic carbocycles. The molecule has 0 spiro atoms. The van der Waals surface area contributed by atoms with Gasteiger partial charge in [-0.05, 0) is 80.0 Å². The number of carbonyl (C=O) groups is 1. The van der Waals surface area contributed by atoms with Crippen molar-refractivity contribution in [1.29, 1.82) is 0 Å². The zero-order valence-corrected chi connectivity index (χ0v) is 19.9. The second kappa shape index (κ2) is 10.1. The molecule has 0 bridgehead atoms. The number of ether oxygens (including phenoxy) is 3. The molecule has 1 N–H and O–H groups in total. The van der Waals surface area contributed by atoms with Crippen LogP contribution in [0.15, 0.2) is 36.4 Å². The molecule has 0 saturated heterocycles. The van der Waals surface area contributed by atoms with Crippen molar-refractivity contribution in [1.82, 2.24) is 19.7 Å². The molecule has 33 heavy (non-hydrogen) atoms. The van der Waals surface area contributed by atoms with E-state index in [4.69, 9.17) is 26.4 Å². The summed E-state index contributed by atoms with van der Waals surface area (Å²) in [6.45, 7) is 6.29. The maximum absolute atomic E-state index is 13.2. The van der Waals surface area contributed by atoms with Crippen LogP contribution in [0.1, 0.15) is 25.0 Å². The highest BCUT2D eigenvalue weighted by atomic mass is 32.1. The van der Waals surface area contributed by atoms with Gasteiger partial charge in [-0.15, -0.1) is 0 Å². The van der Waals surface area contributed by atoms with E-state index >= 15 is 0 Å². The zero-order valence-electron chi connectivity index (χ0n) is 19.1. The van der Waals surface area contributed by atoms with E-state index in [0.717, 1.165) is 29.0 Å². The monoisotopic (exact) mass is 468 g/mol. The first kappa shape index (κ1) is 22.8. The van der Waals surface area contributed by atoms with Crippen molar-refractivity contribution in [3.05, 3.63) is 52.3 Å². The predicted molar refractivity (Wildman–Crippen MR) is 127 cm³/mol. The lowest BCUT2D eigenvalue weighted by atomic mass is 9.98. The van der Waals surface area contributed by atoms with Crippen LogP contribution in [-0.4, -0.2) is 52.4 Å². The number of methoxy groups -OCH3 is 1. The van der Waals surface area contributed by atoms with Crippen molar-refractivity contribution in [2.45, 2.75) is 33.4 Å². The molecule has 8 nitrogen and oxygen atoms in total. The average Bonchev–Trinajstić information content (AvgIpc) is 3.19. The van der Waals surface area contributed by atoms with Crippen LogP contribution in [0, 0.1) is 4.77 Å². The number of aromatic nitrogens is 3. The summed E-state index contributed by atoms with van der Waals surface area (Å²) < 4.78 is 18.9. The molecule has 4 rings (SSSR count). The van der Waals surface area contributed by atoms with Crippen LogP contribution in [0.4, 0.5) is 0 Å². The van der Waals surface area contributed by atoms with Gasteiger partial charge in [-0.25, -0.2) is 0 Å². The number of hydrogen-bond donors (Lipinski definition) is 1. The predicted octanol–water partition coefficient (Wildman–Crippen LogP) is 4.00. The Bertz CT molecular complexity index is 1190. The molecule has 0 radical (unpaired) electrons. The number of aromatic amines is 1. The van der Waals surface area contributed by atoms with Crippen molar-refractivity contribution in [2.24, 2.45) is 0 Å². The number of hydrogen-bond acceptors (Lipinski definition) is 6. The molecule has 0 unspecified atom stereocenters. The normalized spacial score (nSPS) is 12.9. The van der Waals surface area contributed by atoms with Gasteiger partial charge in [0.2, 0.25) is 5.91 Å². The molecule has 0 fully saturated rings. The molecule has 2 heterocycles. The summed E-state index contributed by atoms with van der Waals surface area (Å²) in [5, 5.41) is 7.15. The van der Waals surface area contributed by atoms with E-state index in [1.54, 1.807) is 11.7 Å². The summed E-state index contributed by atoms with van der Waals surface area (Å²) in [4.78, 5) is 15.1. The van der Waals surface area contributed by atoms with Crippen molar-refractivity contribution in [2.75, 3.05) is 26.9 Å². The molecule has 1 amide bonds. The summed E-state index contributed by atoms with van der Waals surface area (Å²) in [6, 6.07) is 11.5. The minimum Gasteiger partial charge on any atom is -0.497 e. The Labute approximate surface area is 198 Å². The largest absolute Gasteiger partial charge is 0.497 e. The Morgan fingerprint density at radius 2 is 1.76 bits per heavy atom. The molecule has 2 aromatic carbocycles. The van der Waals surface area contributed by atoms with Gasteiger partial charge in [0.25, 0.3) is 0 Å². The minimum absolute atomic E-state index is 0.0141. The highest BCUT2D eigenvalue weighted by Gasteiger charge is 2.24. The van der Waals surface area contributed by atoms with E-state index in [2.05, 4.69) is 10.2 Å². The fraction of sp³-hybridized carbons (Fsp3) is 0.375. The lowest BCUT2D eigenvalue weighted by molar-refractivity contribution is -0.132. The third-order valence-electron chi connectivity index (χ3n) is 5.63. The van der Waals surface area contributed by atoms with E-state index in [0.29, 0.717) is 42.6 Å². The van der Waals surface area contributed by atoms with E-state index in [9.17, 15) is 4.79 Å². The van der Waals surface area contributed by atoms with Gasteiger partial charge in [-0.3, -0.25) is 14.5 Å². The van der Waals surface area contributed by atoms with Crippen LogP contribution >= 0.6 is 12.2 Å². The maximum Gasteiger partial charge on any atom is 0.242 e. The highest BCUT2D eigenvalue weighted by Crippen LogP contribution is 2.34. The van der Waals surface area contributed by atoms with E-state index in [-0.39, 0.29) is 12.5 Å². The van der Waals surface area contributed by atoms with Crippen LogP contribution in [-0.2, 0) is 24.3 Å². The lowest BCUT2D eigenvalue weighted by Crippen LogP contribution is -2.38. The zero-order chi connectivity index (χ0) is 23.4. The van der Waals surface area contributed by atoms with E-state index in [1.165, 1.54) is 5.56 Å². The number of fused-ring (bicyclic) bond motifs is 1. The average molecular weight is 469 g/mol. The number of carbonyl (C=O) groups excluding carboxylic acids is 1. The standard InChI is InChI=1S/C24H28N4O4S/c1-4-31-20-12-17-10-11-27(14-18(17)13-21(20)32-5-2)22(29)15-28-23(25-26-24(28)33)16-6-8-19(30-3)9-7-16/h6-9,12-13H,4-5,10-11,14-15H2,1-3H3,(H,26,33). The second-order valence-electron chi connectivity index (χ2n) is 7.67. The van der Waals surface area contributed by atoms with Crippen molar-refractivity contribution in [3.8, 4) is 28.6 Å². The van der Waals surface area contributed by atoms with Crippen LogP contribution < -0.4 is 14.2 Å². The quantitative estimate of drug-likeness (QED) is 0.504. The highest BCUT2D eigenvalue weighted by molar-refractivity contribution is 7.71. The van der Waals surface area contributed by atoms with E-state index < -0.39 is 0 Å². The third-order valence-corrected chi connectivity index (χ3v) is 5.94. The summed E-state index contributed by atoms with van der Waals surface area (Å²) in [7, 11) is 1.62. The van der Waals surface area contributed by atoms with Gasteiger partial charge in [-0.1, -0.05) is 0 Å². The first-order chi connectivity index (χ1) is 16.0. The van der Waals surface area contributed by atoms with Gasteiger partial charge in [0.15, 0.2) is 22.1 Å². The first-order valence-electron chi connectivity index (χ1n) is 11.0. The molecule has 0 saturated carbocycles. The smallest absolute Gasteiger partial charge is 0.242 e. The Balaban J connectivity index is 1.53. The van der Waals surface area contributed by atoms with E-state index in [1.807, 2.05) is 55.1 Å². The Kier molecular flexibility index (Phi) is 6.98. The van der Waals surface area contributed by atoms with Crippen LogP contribution in [0.3, 0.4) is 0 Å². The third kappa shape index (κ3) is 4.88. The fourth-order valence-corrected chi connectivity index (χ4v) is 4.17. The number of nitrogens with zero attached hydrogens (tertiary/aromatic N) is 3. The van der Waals surface area contributed by atoms with Crippen molar-refractivity contribution >= 4 is 18.1 Å². The van der Waals surface area contributed by atoms with Crippen LogP contribution in [0.5, 0.6) is 17.2 Å². The number of rotatable bonds is 8. The Morgan fingerprint density at radius 1 is 1.09 bits per heavy atom. The van der Waals surface area contributed by atoms with Gasteiger partial charge >= 0.3 is 0 Å². The van der Waals surface area contributed by atoms with Crippen molar-refractivity contribution < 1.29 is 19.0 Å². The molecule has 0 atom stereocenters. The SMILES string of the molecule is CCOc1cc2c(cc1OCC)CN(C(=O)Cn1c(-c3ccc(OC)cc3)n[nH]c1=S)CC2. The van der Waals surface area contributed by atoms with Gasteiger partial charge in [0, 0.05) is 18.7 Å². The summed E-state index contributed by atoms with van der Waals surface area (Å²) in [5.41, 5.74) is 3.11. The number of benzene rings is 2. The summed E-state index contributed by atoms with van der Waals surface area (Å²) >= 11 is 5.41. The van der Waals surface area contributed by atoms with Gasteiger partial charge in [-0.2, -0.15) is 5.10 Å². The molecular weight excluding hydrogens is 440 g/mol. The minimum atomic E-state index is -0.0141. The molecule has 9 heteroatoms. The van der Waals surface area contributed by atoms with Gasteiger partial charge < -0.3 is 19.1 Å². The molecular formula is C24H28N4O4S. The molecule has 1 aromatic heterocycles. The lowest BCUT2D eigenvalue weighted by Gasteiger charge is -2.30. The summed E-state index contributed by atoms with van der Waals surface area (Å²) in [6.07, 6.45) is 0.760. The second-order valence-corrected chi connectivity index (χ2v) is 8.05. The molecule has 174 valence electrons. The Hall–Kier alpha value is -3.33. The first-order valence-corrected chi connectivity index (χ1v) is 11.4. The van der Waals surface area contributed by atoms with Crippen LogP contribution in [0.25, 0.3) is 11.4 Å². The van der Waals surface area contributed by atoms with Crippen molar-refractivity contribution in [3.63, 3.8) is 0 Å². The fourth-order valence-electron chi connectivity index (χ4n) is 3.97. The summed E-state index contributed by atoms with van der Waals surface area (Å²) in [5.74, 6) is 2.83. The molecule has 3 aromatic rings. The molecule has 1 aliphatic heterocycles. The van der Waals surface area contributed by atoms with Gasteiger partial charge in [0.05, 0.1) is 20.3 Å². The number of H-pyrrole nitrogens is 1.